The number of hydrogen-bond donors (Lipinski definition) is 1. The minimum atomic E-state index is 0.539. The van der Waals surface area contributed by atoms with Gasteiger partial charge in [0.2, 0.25) is 0 Å². The molecule has 0 aliphatic rings. The Morgan fingerprint density at radius 3 is 2.53 bits per heavy atom. The molecule has 2 atom stereocenters. The zero-order chi connectivity index (χ0) is 12.7. The summed E-state index contributed by atoms with van der Waals surface area (Å²) in [5.74, 6) is 0. The van der Waals surface area contributed by atoms with Gasteiger partial charge < -0.3 is 5.32 Å². The molecule has 0 aliphatic carbocycles. The zero-order valence-electron chi connectivity index (χ0n) is 11.5. The lowest BCUT2D eigenvalue weighted by atomic mass is 10.2. The number of rotatable bonds is 7. The maximum atomic E-state index is 4.04. The summed E-state index contributed by atoms with van der Waals surface area (Å²) < 4.78 is 0. The highest BCUT2D eigenvalue weighted by atomic mass is 15.1. The first-order valence-corrected chi connectivity index (χ1v) is 6.46. The fourth-order valence-corrected chi connectivity index (χ4v) is 1.60. The molecule has 3 nitrogen and oxygen atoms in total. The van der Waals surface area contributed by atoms with Gasteiger partial charge in [0.25, 0.3) is 0 Å². The van der Waals surface area contributed by atoms with Crippen molar-refractivity contribution in [1.82, 2.24) is 15.2 Å². The Balaban J connectivity index is 2.34. The molecule has 0 aliphatic heterocycles. The van der Waals surface area contributed by atoms with Crippen molar-refractivity contribution in [2.45, 2.75) is 45.8 Å². The first-order valence-electron chi connectivity index (χ1n) is 6.46. The summed E-state index contributed by atoms with van der Waals surface area (Å²) in [5.41, 5.74) is 1.32. The molecular formula is C14H25N3. The number of hydrogen-bond acceptors (Lipinski definition) is 3. The molecule has 0 aromatic carbocycles. The lowest BCUT2D eigenvalue weighted by Gasteiger charge is -2.26. The normalized spacial score (nSPS) is 14.9. The summed E-state index contributed by atoms with van der Waals surface area (Å²) in [5, 5.41) is 3.54. The highest BCUT2D eigenvalue weighted by Crippen LogP contribution is 2.04. The summed E-state index contributed by atoms with van der Waals surface area (Å²) in [7, 11) is 2.17. The van der Waals surface area contributed by atoms with Gasteiger partial charge in [0.15, 0.2) is 0 Å². The molecule has 1 N–H and O–H groups in total. The van der Waals surface area contributed by atoms with Crippen molar-refractivity contribution < 1.29 is 0 Å². The minimum absolute atomic E-state index is 0.539. The number of likely N-dealkylation sites (N-methyl/N-ethyl adjacent to an activating group) is 1. The van der Waals surface area contributed by atoms with E-state index >= 15 is 0 Å². The number of nitrogens with one attached hydrogen (secondary N) is 1. The minimum Gasteiger partial charge on any atom is -0.313 e. The molecule has 0 bridgehead atoms. The molecule has 3 heteroatoms. The molecule has 1 rings (SSSR count). The number of nitrogens with zero attached hydrogens (tertiary/aromatic N) is 2. The van der Waals surface area contributed by atoms with E-state index in [0.29, 0.717) is 12.1 Å². The van der Waals surface area contributed by atoms with E-state index in [0.717, 1.165) is 13.1 Å². The molecule has 0 saturated heterocycles. The van der Waals surface area contributed by atoms with E-state index < -0.39 is 0 Å². The molecule has 0 saturated carbocycles. The van der Waals surface area contributed by atoms with E-state index in [2.05, 4.69) is 55.2 Å². The quantitative estimate of drug-likeness (QED) is 0.786. The average molecular weight is 235 g/mol. The van der Waals surface area contributed by atoms with Crippen LogP contribution in [0.15, 0.2) is 24.5 Å². The fraction of sp³-hybridized carbons (Fsp3) is 0.643. The van der Waals surface area contributed by atoms with E-state index in [1.165, 1.54) is 12.0 Å². The Hall–Kier alpha value is -0.930. The highest BCUT2D eigenvalue weighted by Gasteiger charge is 2.10. The van der Waals surface area contributed by atoms with Crippen LogP contribution in [-0.4, -0.2) is 35.6 Å². The highest BCUT2D eigenvalue weighted by molar-refractivity contribution is 5.09. The van der Waals surface area contributed by atoms with E-state index in [-0.39, 0.29) is 0 Å². The van der Waals surface area contributed by atoms with Crippen molar-refractivity contribution in [2.24, 2.45) is 0 Å². The summed E-state index contributed by atoms with van der Waals surface area (Å²) in [4.78, 5) is 6.40. The third-order valence-corrected chi connectivity index (χ3v) is 3.31. The van der Waals surface area contributed by atoms with Crippen LogP contribution in [0.5, 0.6) is 0 Å². The number of aromatic nitrogens is 1. The summed E-state index contributed by atoms with van der Waals surface area (Å²) in [6, 6.07) is 5.29. The second kappa shape index (κ2) is 7.41. The molecule has 1 heterocycles. The summed E-state index contributed by atoms with van der Waals surface area (Å²) in [6.45, 7) is 8.72. The van der Waals surface area contributed by atoms with Crippen molar-refractivity contribution >= 4 is 0 Å². The van der Waals surface area contributed by atoms with Crippen molar-refractivity contribution in [3.05, 3.63) is 30.1 Å². The van der Waals surface area contributed by atoms with Crippen LogP contribution < -0.4 is 5.32 Å². The molecule has 1 aromatic heterocycles. The molecule has 17 heavy (non-hydrogen) atoms. The van der Waals surface area contributed by atoms with Crippen molar-refractivity contribution in [2.75, 3.05) is 13.6 Å². The first kappa shape index (κ1) is 14.1. The third-order valence-electron chi connectivity index (χ3n) is 3.31. The van der Waals surface area contributed by atoms with Gasteiger partial charge in [0.05, 0.1) is 0 Å². The number of pyridine rings is 1. The van der Waals surface area contributed by atoms with Crippen LogP contribution in [-0.2, 0) is 6.54 Å². The summed E-state index contributed by atoms with van der Waals surface area (Å²) >= 11 is 0. The Morgan fingerprint density at radius 1 is 1.29 bits per heavy atom. The SMILES string of the molecule is CCC(C)NCC(C)N(C)Cc1ccncc1. The van der Waals surface area contributed by atoms with Crippen LogP contribution >= 0.6 is 0 Å². The van der Waals surface area contributed by atoms with Crippen molar-refractivity contribution in [1.29, 1.82) is 0 Å². The predicted octanol–water partition coefficient (Wildman–Crippen LogP) is 2.29. The lowest BCUT2D eigenvalue weighted by Crippen LogP contribution is -2.40. The summed E-state index contributed by atoms with van der Waals surface area (Å²) in [6.07, 6.45) is 4.89. The maximum Gasteiger partial charge on any atom is 0.0271 e. The molecule has 1 aromatic rings. The lowest BCUT2D eigenvalue weighted by molar-refractivity contribution is 0.237. The van der Waals surface area contributed by atoms with Gasteiger partial charge >= 0.3 is 0 Å². The Morgan fingerprint density at radius 2 is 1.94 bits per heavy atom. The molecule has 0 spiro atoms. The van der Waals surface area contributed by atoms with Gasteiger partial charge in [-0.2, -0.15) is 0 Å². The van der Waals surface area contributed by atoms with Gasteiger partial charge in [0.1, 0.15) is 0 Å². The van der Waals surface area contributed by atoms with E-state index in [1.54, 1.807) is 0 Å². The zero-order valence-corrected chi connectivity index (χ0v) is 11.5. The van der Waals surface area contributed by atoms with Crippen LogP contribution in [0.3, 0.4) is 0 Å². The molecule has 2 unspecified atom stereocenters. The second-order valence-corrected chi connectivity index (χ2v) is 4.84. The smallest absolute Gasteiger partial charge is 0.0271 e. The third kappa shape index (κ3) is 5.29. The van der Waals surface area contributed by atoms with Crippen LogP contribution in [0.25, 0.3) is 0 Å². The van der Waals surface area contributed by atoms with E-state index in [1.807, 2.05) is 12.4 Å². The van der Waals surface area contributed by atoms with Gasteiger partial charge in [0, 0.05) is 37.6 Å². The first-order chi connectivity index (χ1) is 8.13. The van der Waals surface area contributed by atoms with E-state index in [4.69, 9.17) is 0 Å². The molecule has 0 amide bonds. The van der Waals surface area contributed by atoms with Gasteiger partial charge in [-0.25, -0.2) is 0 Å². The van der Waals surface area contributed by atoms with Crippen LogP contribution in [0.2, 0.25) is 0 Å². The Labute approximate surface area is 105 Å². The largest absolute Gasteiger partial charge is 0.313 e. The topological polar surface area (TPSA) is 28.2 Å². The monoisotopic (exact) mass is 235 g/mol. The molecule has 96 valence electrons. The maximum absolute atomic E-state index is 4.04. The Kier molecular flexibility index (Phi) is 6.16. The van der Waals surface area contributed by atoms with Crippen LogP contribution in [0, 0.1) is 0 Å². The van der Waals surface area contributed by atoms with Crippen molar-refractivity contribution in [3.8, 4) is 0 Å². The predicted molar refractivity (Wildman–Crippen MR) is 72.9 cm³/mol. The van der Waals surface area contributed by atoms with Gasteiger partial charge in [-0.3, -0.25) is 9.88 Å². The van der Waals surface area contributed by atoms with E-state index in [9.17, 15) is 0 Å². The molecule has 0 fully saturated rings. The standard InChI is InChI=1S/C14H25N3/c1-5-12(2)16-10-13(3)17(4)11-14-6-8-15-9-7-14/h6-9,12-13,16H,5,10-11H2,1-4H3. The van der Waals surface area contributed by atoms with Crippen LogP contribution in [0.1, 0.15) is 32.8 Å². The molecular weight excluding hydrogens is 210 g/mol. The average Bonchev–Trinajstić information content (AvgIpc) is 2.36. The Bertz CT molecular complexity index is 300. The fourth-order valence-electron chi connectivity index (χ4n) is 1.60. The van der Waals surface area contributed by atoms with Gasteiger partial charge in [-0.05, 0) is 45.0 Å². The second-order valence-electron chi connectivity index (χ2n) is 4.84. The van der Waals surface area contributed by atoms with Gasteiger partial charge in [-0.1, -0.05) is 6.92 Å². The van der Waals surface area contributed by atoms with Crippen LogP contribution in [0.4, 0.5) is 0 Å². The van der Waals surface area contributed by atoms with Gasteiger partial charge in [-0.15, -0.1) is 0 Å². The molecule has 0 radical (unpaired) electrons. The van der Waals surface area contributed by atoms with Crippen molar-refractivity contribution in [3.63, 3.8) is 0 Å².